The number of aryl methyl sites for hydroxylation is 1. The Morgan fingerprint density at radius 3 is 2.85 bits per heavy atom. The molecule has 1 N–H and O–H groups in total. The highest BCUT2D eigenvalue weighted by molar-refractivity contribution is 6.31. The molecule has 1 heterocycles. The molecule has 106 valence electrons. The Morgan fingerprint density at radius 1 is 1.35 bits per heavy atom. The van der Waals surface area contributed by atoms with Gasteiger partial charge in [-0.2, -0.15) is 0 Å². The minimum atomic E-state index is -0.221. The van der Waals surface area contributed by atoms with Crippen molar-refractivity contribution in [2.45, 2.75) is 20.5 Å². The van der Waals surface area contributed by atoms with E-state index in [4.69, 9.17) is 20.8 Å². The number of rotatable bonds is 5. The monoisotopic (exact) mass is 293 g/mol. The molecule has 4 nitrogen and oxygen atoms in total. The molecule has 0 saturated heterocycles. The van der Waals surface area contributed by atoms with Gasteiger partial charge in [-0.1, -0.05) is 11.6 Å². The second-order valence-electron chi connectivity index (χ2n) is 4.33. The molecule has 0 saturated carbocycles. The standard InChI is InChI=1S/C15H16ClNO3/c1-3-17-15(18)14-7-5-12(20-14)9-19-11-4-6-13(16)10(2)8-11/h4-8H,3,9H2,1-2H3,(H,17,18). The predicted octanol–water partition coefficient (Wildman–Crippen LogP) is 3.57. The Hall–Kier alpha value is -1.94. The van der Waals surface area contributed by atoms with Crippen molar-refractivity contribution in [1.82, 2.24) is 5.32 Å². The lowest BCUT2D eigenvalue weighted by atomic mass is 10.2. The first-order chi connectivity index (χ1) is 9.60. The van der Waals surface area contributed by atoms with E-state index in [1.807, 2.05) is 19.9 Å². The highest BCUT2D eigenvalue weighted by Gasteiger charge is 2.10. The molecule has 20 heavy (non-hydrogen) atoms. The molecule has 0 radical (unpaired) electrons. The SMILES string of the molecule is CCNC(=O)c1ccc(COc2ccc(Cl)c(C)c2)o1. The van der Waals surface area contributed by atoms with Crippen LogP contribution in [0.1, 0.15) is 28.8 Å². The molecule has 0 atom stereocenters. The van der Waals surface area contributed by atoms with Crippen molar-refractivity contribution in [3.05, 3.63) is 52.4 Å². The highest BCUT2D eigenvalue weighted by atomic mass is 35.5. The minimum absolute atomic E-state index is 0.221. The fourth-order valence-corrected chi connectivity index (χ4v) is 1.80. The van der Waals surface area contributed by atoms with E-state index in [9.17, 15) is 4.79 Å². The number of hydrogen-bond donors (Lipinski definition) is 1. The summed E-state index contributed by atoms with van der Waals surface area (Å²) in [5.74, 6) is 1.38. The number of carbonyl (C=O) groups excluding carboxylic acids is 1. The molecule has 0 aliphatic rings. The molecule has 0 fully saturated rings. The van der Waals surface area contributed by atoms with Crippen LogP contribution < -0.4 is 10.1 Å². The maximum Gasteiger partial charge on any atom is 0.286 e. The average molecular weight is 294 g/mol. The van der Waals surface area contributed by atoms with Crippen molar-refractivity contribution in [2.24, 2.45) is 0 Å². The quantitative estimate of drug-likeness (QED) is 0.917. The Bertz CT molecular complexity index is 607. The zero-order chi connectivity index (χ0) is 14.5. The van der Waals surface area contributed by atoms with E-state index in [0.717, 1.165) is 5.56 Å². The van der Waals surface area contributed by atoms with Gasteiger partial charge < -0.3 is 14.5 Å². The molecule has 1 aromatic carbocycles. The summed E-state index contributed by atoms with van der Waals surface area (Å²) in [5, 5.41) is 3.38. The van der Waals surface area contributed by atoms with Crippen LogP contribution in [0.2, 0.25) is 5.02 Å². The second-order valence-corrected chi connectivity index (χ2v) is 4.73. The Labute approximate surface area is 122 Å². The lowest BCUT2D eigenvalue weighted by molar-refractivity contribution is 0.0924. The van der Waals surface area contributed by atoms with E-state index >= 15 is 0 Å². The maximum atomic E-state index is 11.6. The summed E-state index contributed by atoms with van der Waals surface area (Å²) >= 11 is 5.95. The average Bonchev–Trinajstić information content (AvgIpc) is 2.89. The van der Waals surface area contributed by atoms with Gasteiger partial charge >= 0.3 is 0 Å². The van der Waals surface area contributed by atoms with Crippen LogP contribution in [0.5, 0.6) is 5.75 Å². The van der Waals surface area contributed by atoms with E-state index < -0.39 is 0 Å². The van der Waals surface area contributed by atoms with Crippen molar-refractivity contribution in [2.75, 3.05) is 6.54 Å². The van der Waals surface area contributed by atoms with Crippen LogP contribution in [0.25, 0.3) is 0 Å². The Kier molecular flexibility index (Phi) is 4.69. The van der Waals surface area contributed by atoms with E-state index in [0.29, 0.717) is 23.1 Å². The largest absolute Gasteiger partial charge is 0.486 e. The number of ether oxygens (including phenoxy) is 1. The number of amides is 1. The van der Waals surface area contributed by atoms with Crippen LogP contribution in [-0.4, -0.2) is 12.5 Å². The lowest BCUT2D eigenvalue weighted by Gasteiger charge is -2.06. The third-order valence-corrected chi connectivity index (χ3v) is 3.16. The fourth-order valence-electron chi connectivity index (χ4n) is 1.69. The van der Waals surface area contributed by atoms with Crippen molar-refractivity contribution in [1.29, 1.82) is 0 Å². The number of benzene rings is 1. The number of furan rings is 1. The summed E-state index contributed by atoms with van der Waals surface area (Å²) in [6, 6.07) is 8.80. The third-order valence-electron chi connectivity index (χ3n) is 2.73. The van der Waals surface area contributed by atoms with Crippen LogP contribution in [0, 0.1) is 6.92 Å². The molecule has 1 aromatic heterocycles. The summed E-state index contributed by atoms with van der Waals surface area (Å²) in [6.07, 6.45) is 0. The van der Waals surface area contributed by atoms with Gasteiger partial charge in [0.2, 0.25) is 0 Å². The first-order valence-electron chi connectivity index (χ1n) is 6.36. The van der Waals surface area contributed by atoms with E-state index in [1.165, 1.54) is 0 Å². The van der Waals surface area contributed by atoms with Gasteiger partial charge in [0.25, 0.3) is 5.91 Å². The first-order valence-corrected chi connectivity index (χ1v) is 6.74. The van der Waals surface area contributed by atoms with E-state index in [-0.39, 0.29) is 18.3 Å². The van der Waals surface area contributed by atoms with Crippen LogP contribution in [-0.2, 0) is 6.61 Å². The molecule has 0 spiro atoms. The number of carbonyl (C=O) groups is 1. The molecular formula is C15H16ClNO3. The van der Waals surface area contributed by atoms with Gasteiger partial charge in [0.15, 0.2) is 5.76 Å². The van der Waals surface area contributed by atoms with Crippen LogP contribution >= 0.6 is 11.6 Å². The lowest BCUT2D eigenvalue weighted by Crippen LogP contribution is -2.21. The molecule has 2 aromatic rings. The van der Waals surface area contributed by atoms with Gasteiger partial charge in [0.05, 0.1) is 0 Å². The minimum Gasteiger partial charge on any atom is -0.486 e. The molecule has 2 rings (SSSR count). The molecule has 0 aliphatic heterocycles. The van der Waals surface area contributed by atoms with Crippen LogP contribution in [0.4, 0.5) is 0 Å². The Morgan fingerprint density at radius 2 is 2.15 bits per heavy atom. The number of halogens is 1. The predicted molar refractivity (Wildman–Crippen MR) is 77.2 cm³/mol. The zero-order valence-corrected chi connectivity index (χ0v) is 12.2. The number of hydrogen-bond acceptors (Lipinski definition) is 3. The van der Waals surface area contributed by atoms with Crippen molar-refractivity contribution in [3.63, 3.8) is 0 Å². The topological polar surface area (TPSA) is 51.5 Å². The summed E-state index contributed by atoms with van der Waals surface area (Å²) in [5.41, 5.74) is 0.951. The molecule has 5 heteroatoms. The van der Waals surface area contributed by atoms with Gasteiger partial charge in [-0.05, 0) is 49.7 Å². The summed E-state index contributed by atoms with van der Waals surface area (Å²) in [6.45, 7) is 4.60. The number of nitrogens with one attached hydrogen (secondary N) is 1. The van der Waals surface area contributed by atoms with E-state index in [2.05, 4.69) is 5.32 Å². The molecule has 1 amide bonds. The highest BCUT2D eigenvalue weighted by Crippen LogP contribution is 2.22. The molecule has 0 bridgehead atoms. The van der Waals surface area contributed by atoms with Gasteiger partial charge in [-0.15, -0.1) is 0 Å². The van der Waals surface area contributed by atoms with Crippen molar-refractivity contribution < 1.29 is 13.9 Å². The summed E-state index contributed by atoms with van der Waals surface area (Å²) in [7, 11) is 0. The molecule has 0 aliphatic carbocycles. The first kappa shape index (κ1) is 14.5. The van der Waals surface area contributed by atoms with E-state index in [1.54, 1.807) is 24.3 Å². The smallest absolute Gasteiger partial charge is 0.286 e. The van der Waals surface area contributed by atoms with Crippen molar-refractivity contribution in [3.8, 4) is 5.75 Å². The maximum absolute atomic E-state index is 11.6. The summed E-state index contributed by atoms with van der Waals surface area (Å²) in [4.78, 5) is 11.6. The van der Waals surface area contributed by atoms with Gasteiger partial charge in [-0.3, -0.25) is 4.79 Å². The van der Waals surface area contributed by atoms with Gasteiger partial charge in [0, 0.05) is 11.6 Å². The normalized spacial score (nSPS) is 10.3. The molecular weight excluding hydrogens is 278 g/mol. The van der Waals surface area contributed by atoms with Gasteiger partial charge in [-0.25, -0.2) is 0 Å². The zero-order valence-electron chi connectivity index (χ0n) is 11.4. The third kappa shape index (κ3) is 3.54. The second kappa shape index (κ2) is 6.48. The summed E-state index contributed by atoms with van der Waals surface area (Å²) < 4.78 is 11.0. The fraction of sp³-hybridized carbons (Fsp3) is 0.267. The van der Waals surface area contributed by atoms with Crippen LogP contribution in [0.3, 0.4) is 0 Å². The van der Waals surface area contributed by atoms with Crippen LogP contribution in [0.15, 0.2) is 34.7 Å². The van der Waals surface area contributed by atoms with Crippen molar-refractivity contribution >= 4 is 17.5 Å². The van der Waals surface area contributed by atoms with Gasteiger partial charge in [0.1, 0.15) is 18.1 Å². The molecule has 0 unspecified atom stereocenters. The Balaban J connectivity index is 1.97.